The molecule has 0 saturated heterocycles. The molecule has 1 aliphatic carbocycles. The Morgan fingerprint density at radius 2 is 2.35 bits per heavy atom. The molecule has 3 N–H and O–H groups in total. The lowest BCUT2D eigenvalue weighted by atomic mass is 10.00. The molecule has 0 fully saturated rings. The number of carbonyl (C=O) groups is 1. The Balaban J connectivity index is 2.82. The van der Waals surface area contributed by atoms with Crippen LogP contribution < -0.4 is 5.73 Å². The largest absolute Gasteiger partial charge is 0.507 e. The third-order valence-corrected chi connectivity index (χ3v) is 2.17. The Labute approximate surface area is 96.5 Å². The molecule has 1 atom stereocenters. The minimum absolute atomic E-state index is 0.0292. The molecule has 5 nitrogen and oxygen atoms in total. The van der Waals surface area contributed by atoms with E-state index in [1.807, 2.05) is 0 Å². The molecule has 17 heavy (non-hydrogen) atoms. The van der Waals surface area contributed by atoms with Crippen LogP contribution in [0.2, 0.25) is 0 Å². The Morgan fingerprint density at radius 1 is 1.71 bits per heavy atom. The van der Waals surface area contributed by atoms with Gasteiger partial charge in [-0.3, -0.25) is 0 Å². The number of halogens is 2. The van der Waals surface area contributed by atoms with Crippen LogP contribution in [-0.2, 0) is 14.3 Å². The summed E-state index contributed by atoms with van der Waals surface area (Å²) in [5.74, 6) is -1.28. The minimum Gasteiger partial charge on any atom is -0.507 e. The van der Waals surface area contributed by atoms with E-state index in [2.05, 4.69) is 4.74 Å². The van der Waals surface area contributed by atoms with Gasteiger partial charge in [-0.15, -0.1) is 0 Å². The van der Waals surface area contributed by atoms with Gasteiger partial charge < -0.3 is 20.3 Å². The normalized spacial score (nSPS) is 20.5. The van der Waals surface area contributed by atoms with E-state index < -0.39 is 24.4 Å². The molecule has 1 rings (SSSR count). The second kappa shape index (κ2) is 5.62. The molecule has 0 saturated carbocycles. The highest BCUT2D eigenvalue weighted by molar-refractivity contribution is 5.93. The van der Waals surface area contributed by atoms with Gasteiger partial charge in [-0.05, 0) is 6.92 Å². The first kappa shape index (κ1) is 13.4. The van der Waals surface area contributed by atoms with Gasteiger partial charge in [0.25, 0.3) is 0 Å². The van der Waals surface area contributed by atoms with Crippen LogP contribution in [0.4, 0.5) is 8.78 Å². The zero-order valence-corrected chi connectivity index (χ0v) is 9.15. The lowest BCUT2D eigenvalue weighted by molar-refractivity contribution is -0.159. The second-order valence-corrected chi connectivity index (χ2v) is 3.26. The summed E-state index contributed by atoms with van der Waals surface area (Å²) >= 11 is 0. The van der Waals surface area contributed by atoms with E-state index in [0.717, 1.165) is 0 Å². The van der Waals surface area contributed by atoms with Gasteiger partial charge in [-0.25, -0.2) is 4.79 Å². The highest BCUT2D eigenvalue weighted by Gasteiger charge is 2.29. The first-order valence-electron chi connectivity index (χ1n) is 4.97. The van der Waals surface area contributed by atoms with Gasteiger partial charge in [0.05, 0.1) is 17.9 Å². The number of aliphatic hydroxyl groups excluding tert-OH is 1. The Morgan fingerprint density at radius 3 is 2.88 bits per heavy atom. The molecule has 0 spiro atoms. The van der Waals surface area contributed by atoms with E-state index >= 15 is 0 Å². The lowest BCUT2D eigenvalue weighted by Crippen LogP contribution is -2.28. The van der Waals surface area contributed by atoms with Crippen molar-refractivity contribution in [2.75, 3.05) is 6.61 Å². The zero-order valence-electron chi connectivity index (χ0n) is 9.15. The molecule has 96 valence electrons. The summed E-state index contributed by atoms with van der Waals surface area (Å²) in [7, 11) is 0. The molecule has 0 aromatic rings. The lowest BCUT2D eigenvalue weighted by Gasteiger charge is -2.22. The fourth-order valence-electron chi connectivity index (χ4n) is 1.40. The first-order valence-corrected chi connectivity index (χ1v) is 4.97. The van der Waals surface area contributed by atoms with Crippen molar-refractivity contribution in [2.45, 2.75) is 26.1 Å². The molecule has 0 aliphatic heterocycles. The van der Waals surface area contributed by atoms with Crippen LogP contribution >= 0.6 is 0 Å². The van der Waals surface area contributed by atoms with Gasteiger partial charge in [0, 0.05) is 6.42 Å². The number of hydrogen-bond donors (Lipinski definition) is 2. The number of aliphatic hydroxyl groups is 1. The van der Waals surface area contributed by atoms with Crippen LogP contribution in [0.5, 0.6) is 0 Å². The summed E-state index contributed by atoms with van der Waals surface area (Å²) < 4.78 is 32.8. The van der Waals surface area contributed by atoms with Gasteiger partial charge >= 0.3 is 12.6 Å². The Bertz CT molecular complexity index is 365. The number of hydrogen-bond acceptors (Lipinski definition) is 5. The summed E-state index contributed by atoms with van der Waals surface area (Å²) in [6, 6.07) is 0. The summed E-state index contributed by atoms with van der Waals surface area (Å²) in [4.78, 5) is 11.4. The predicted octanol–water partition coefficient (Wildman–Crippen LogP) is 1.22. The minimum atomic E-state index is -3.02. The van der Waals surface area contributed by atoms with Crippen LogP contribution in [0.1, 0.15) is 13.3 Å². The topological polar surface area (TPSA) is 81.8 Å². The molecule has 1 aliphatic rings. The molecule has 7 heteroatoms. The molecular weight excluding hydrogens is 236 g/mol. The zero-order chi connectivity index (χ0) is 13.0. The fraction of sp³-hybridized carbons (Fsp3) is 0.500. The van der Waals surface area contributed by atoms with Crippen molar-refractivity contribution < 1.29 is 28.2 Å². The van der Waals surface area contributed by atoms with Crippen molar-refractivity contribution in [3.63, 3.8) is 0 Å². The predicted molar refractivity (Wildman–Crippen MR) is 54.1 cm³/mol. The van der Waals surface area contributed by atoms with Crippen molar-refractivity contribution in [3.8, 4) is 0 Å². The number of ether oxygens (including phenoxy) is 2. The molecule has 0 amide bonds. The van der Waals surface area contributed by atoms with E-state index in [9.17, 15) is 18.7 Å². The monoisotopic (exact) mass is 249 g/mol. The maximum Gasteiger partial charge on any atom is 0.346 e. The average Bonchev–Trinajstić information content (AvgIpc) is 2.24. The first-order chi connectivity index (χ1) is 7.97. The van der Waals surface area contributed by atoms with Gasteiger partial charge in [0.2, 0.25) is 0 Å². The third-order valence-electron chi connectivity index (χ3n) is 2.17. The Hall–Kier alpha value is -1.63. The van der Waals surface area contributed by atoms with E-state index in [0.29, 0.717) is 0 Å². The van der Waals surface area contributed by atoms with Gasteiger partial charge in [-0.1, -0.05) is 6.08 Å². The number of carbonyl (C=O) groups excluding carboxylic acids is 1. The van der Waals surface area contributed by atoms with Crippen molar-refractivity contribution in [3.05, 3.63) is 23.1 Å². The van der Waals surface area contributed by atoms with Crippen molar-refractivity contribution in [1.82, 2.24) is 0 Å². The highest BCUT2D eigenvalue weighted by atomic mass is 19.3. The van der Waals surface area contributed by atoms with Gasteiger partial charge in [0.1, 0.15) is 11.9 Å². The molecular formula is C10H13F2NO4. The molecule has 0 radical (unpaired) electrons. The maximum atomic E-state index is 12.0. The number of rotatable bonds is 4. The highest BCUT2D eigenvalue weighted by Crippen LogP contribution is 2.25. The van der Waals surface area contributed by atoms with Crippen LogP contribution in [0.15, 0.2) is 23.1 Å². The van der Waals surface area contributed by atoms with Crippen LogP contribution in [-0.4, -0.2) is 30.4 Å². The summed E-state index contributed by atoms with van der Waals surface area (Å²) in [5, 5.41) is 9.52. The smallest absolute Gasteiger partial charge is 0.346 e. The van der Waals surface area contributed by atoms with Crippen LogP contribution in [0.3, 0.4) is 0 Å². The van der Waals surface area contributed by atoms with Crippen LogP contribution in [0.25, 0.3) is 0 Å². The molecule has 0 bridgehead atoms. The van der Waals surface area contributed by atoms with E-state index in [1.165, 1.54) is 6.08 Å². The summed E-state index contributed by atoms with van der Waals surface area (Å²) in [5.41, 5.74) is 5.13. The molecule has 0 heterocycles. The number of nitrogens with two attached hydrogens (primary N) is 1. The SMILES string of the molecule is CCOC(=O)C1=CCC(OC(F)F)C(O)=C1N. The maximum absolute atomic E-state index is 12.0. The van der Waals surface area contributed by atoms with Gasteiger partial charge in [0.15, 0.2) is 0 Å². The van der Waals surface area contributed by atoms with Crippen molar-refractivity contribution in [2.24, 2.45) is 5.73 Å². The number of alkyl halides is 2. The number of esters is 1. The molecule has 0 aromatic heterocycles. The molecule has 1 unspecified atom stereocenters. The standard InChI is InChI=1S/C10H13F2NO4/c1-2-16-9(15)5-3-4-6(17-10(11)12)8(14)7(5)13/h3,6,10,14H,2,4,13H2,1H3. The van der Waals surface area contributed by atoms with E-state index in [-0.39, 0.29) is 24.3 Å². The van der Waals surface area contributed by atoms with E-state index in [1.54, 1.807) is 6.92 Å². The van der Waals surface area contributed by atoms with Gasteiger partial charge in [-0.2, -0.15) is 8.78 Å². The van der Waals surface area contributed by atoms with Crippen LogP contribution in [0, 0.1) is 0 Å². The quantitative estimate of drug-likeness (QED) is 0.732. The van der Waals surface area contributed by atoms with Crippen molar-refractivity contribution in [1.29, 1.82) is 0 Å². The Kier molecular flexibility index (Phi) is 4.45. The van der Waals surface area contributed by atoms with E-state index in [4.69, 9.17) is 10.5 Å². The average molecular weight is 249 g/mol. The summed E-state index contributed by atoms with van der Waals surface area (Å²) in [6.45, 7) is -1.25. The summed E-state index contributed by atoms with van der Waals surface area (Å²) in [6.07, 6.45) is 0.0126. The third kappa shape index (κ3) is 3.16. The second-order valence-electron chi connectivity index (χ2n) is 3.26. The fourth-order valence-corrected chi connectivity index (χ4v) is 1.40. The van der Waals surface area contributed by atoms with Crippen molar-refractivity contribution >= 4 is 5.97 Å². The molecule has 0 aromatic carbocycles.